The van der Waals surface area contributed by atoms with Gasteiger partial charge in [0.15, 0.2) is 5.13 Å². The van der Waals surface area contributed by atoms with Crippen LogP contribution in [0.5, 0.6) is 0 Å². The number of methoxy groups -OCH3 is 1. The Hall–Kier alpha value is -3.17. The fourth-order valence-electron chi connectivity index (χ4n) is 3.05. The van der Waals surface area contributed by atoms with E-state index in [1.165, 1.54) is 18.4 Å². The summed E-state index contributed by atoms with van der Waals surface area (Å²) in [5, 5.41) is 8.06. The molecule has 1 heterocycles. The molecule has 2 aromatic carbocycles. The van der Waals surface area contributed by atoms with Crippen molar-refractivity contribution in [2.45, 2.75) is 24.0 Å². The van der Waals surface area contributed by atoms with Gasteiger partial charge in [-0.05, 0) is 46.9 Å². The van der Waals surface area contributed by atoms with Crippen LogP contribution in [-0.2, 0) is 9.53 Å². The fourth-order valence-corrected chi connectivity index (χ4v) is 5.19. The summed E-state index contributed by atoms with van der Waals surface area (Å²) in [6.07, 6.45) is 4.46. The van der Waals surface area contributed by atoms with Crippen LogP contribution in [0.15, 0.2) is 58.8 Å². The van der Waals surface area contributed by atoms with Gasteiger partial charge in [0.25, 0.3) is 5.91 Å². The summed E-state index contributed by atoms with van der Waals surface area (Å²) in [4.78, 5) is 42.3. The number of nitrogens with zero attached hydrogens (tertiary/aromatic N) is 1. The maximum absolute atomic E-state index is 12.6. The molecule has 0 bridgehead atoms. The lowest BCUT2D eigenvalue weighted by atomic mass is 10.1. The average Bonchev–Trinajstić information content (AvgIpc) is 3.30. The zero-order valence-corrected chi connectivity index (χ0v) is 21.5. The van der Waals surface area contributed by atoms with E-state index in [1.54, 1.807) is 29.6 Å². The maximum Gasteiger partial charge on any atom is 0.337 e. The number of aromatic nitrogens is 1. The van der Waals surface area contributed by atoms with Crippen LogP contribution in [0.25, 0.3) is 11.3 Å². The van der Waals surface area contributed by atoms with Gasteiger partial charge >= 0.3 is 5.97 Å². The van der Waals surface area contributed by atoms with Gasteiger partial charge in [-0.15, -0.1) is 11.3 Å². The summed E-state index contributed by atoms with van der Waals surface area (Å²) >= 11 is 1.26. The third-order valence-electron chi connectivity index (χ3n) is 5.62. The second kappa shape index (κ2) is 10.8. The molecule has 0 aliphatic carbocycles. The molecule has 1 aromatic heterocycles. The number of hydrogen-bond acceptors (Lipinski definition) is 6. The Labute approximate surface area is 205 Å². The Morgan fingerprint density at radius 2 is 1.76 bits per heavy atom. The van der Waals surface area contributed by atoms with Crippen molar-refractivity contribution in [1.29, 1.82) is 0 Å². The van der Waals surface area contributed by atoms with E-state index in [9.17, 15) is 14.4 Å². The molecule has 0 saturated carbocycles. The van der Waals surface area contributed by atoms with Crippen molar-refractivity contribution in [1.82, 2.24) is 10.3 Å². The molecular formula is C25H29N3O4S2. The zero-order valence-electron chi connectivity index (χ0n) is 19.9. The van der Waals surface area contributed by atoms with Crippen LogP contribution >= 0.6 is 21.4 Å². The SMILES string of the molecule is COC(=O)c1cccc(-c2csc(NC(=O)CNC(=O)c3cccc(S(C)(C)C(C)C)c3)n2)c1. The van der Waals surface area contributed by atoms with Crippen molar-refractivity contribution >= 4 is 44.3 Å². The molecular weight excluding hydrogens is 470 g/mol. The Bertz CT molecular complexity index is 1200. The Balaban J connectivity index is 1.60. The number of hydrogen-bond donors (Lipinski definition) is 2. The number of nitrogens with one attached hydrogen (secondary N) is 2. The summed E-state index contributed by atoms with van der Waals surface area (Å²) in [6.45, 7) is 4.20. The number of anilines is 1. The molecule has 3 aromatic rings. The first kappa shape index (κ1) is 25.5. The lowest BCUT2D eigenvalue weighted by Gasteiger charge is -2.36. The first-order valence-electron chi connectivity index (χ1n) is 10.7. The third-order valence-corrected chi connectivity index (χ3v) is 10.2. The maximum atomic E-state index is 12.6. The number of amides is 2. The second-order valence-corrected chi connectivity index (χ2v) is 13.4. The molecule has 0 atom stereocenters. The highest BCUT2D eigenvalue weighted by Crippen LogP contribution is 2.53. The predicted molar refractivity (Wildman–Crippen MR) is 139 cm³/mol. The van der Waals surface area contributed by atoms with Crippen LogP contribution in [-0.4, -0.2) is 54.2 Å². The molecule has 34 heavy (non-hydrogen) atoms. The van der Waals surface area contributed by atoms with E-state index in [-0.39, 0.29) is 18.4 Å². The van der Waals surface area contributed by atoms with Crippen LogP contribution in [0.3, 0.4) is 0 Å². The van der Waals surface area contributed by atoms with E-state index in [0.717, 1.165) is 10.5 Å². The molecule has 9 heteroatoms. The third kappa shape index (κ3) is 6.03. The zero-order chi connectivity index (χ0) is 24.9. The van der Waals surface area contributed by atoms with Crippen LogP contribution in [0, 0.1) is 0 Å². The molecule has 3 rings (SSSR count). The molecule has 7 nitrogen and oxygen atoms in total. The van der Waals surface area contributed by atoms with E-state index in [0.29, 0.717) is 27.2 Å². The minimum atomic E-state index is -1.03. The van der Waals surface area contributed by atoms with Crippen molar-refractivity contribution < 1.29 is 19.1 Å². The number of benzene rings is 2. The van der Waals surface area contributed by atoms with Crippen molar-refractivity contribution in [3.05, 3.63) is 65.0 Å². The van der Waals surface area contributed by atoms with Gasteiger partial charge in [0.05, 0.1) is 24.9 Å². The molecule has 2 N–H and O–H groups in total. The minimum Gasteiger partial charge on any atom is -0.465 e. The molecule has 0 aliphatic rings. The largest absolute Gasteiger partial charge is 0.465 e. The van der Waals surface area contributed by atoms with E-state index in [2.05, 4.69) is 48.0 Å². The molecule has 0 aliphatic heterocycles. The number of ether oxygens (including phenoxy) is 1. The summed E-state index contributed by atoms with van der Waals surface area (Å²) in [7, 11) is 0.301. The van der Waals surface area contributed by atoms with E-state index < -0.39 is 16.0 Å². The Kier molecular flexibility index (Phi) is 8.11. The number of carbonyl (C=O) groups excluding carboxylic acids is 3. The van der Waals surface area contributed by atoms with Gasteiger partial charge in [-0.1, -0.05) is 38.1 Å². The number of thiazole rings is 1. The molecule has 180 valence electrons. The van der Waals surface area contributed by atoms with Crippen molar-refractivity contribution in [2.75, 3.05) is 31.5 Å². The van der Waals surface area contributed by atoms with Gasteiger partial charge < -0.3 is 15.4 Å². The molecule has 2 amide bonds. The first-order chi connectivity index (χ1) is 16.1. The van der Waals surface area contributed by atoms with Gasteiger partial charge in [0.1, 0.15) is 0 Å². The van der Waals surface area contributed by atoms with Crippen LogP contribution < -0.4 is 10.6 Å². The fraction of sp³-hybridized carbons (Fsp3) is 0.280. The summed E-state index contributed by atoms with van der Waals surface area (Å²) < 4.78 is 4.75. The van der Waals surface area contributed by atoms with E-state index >= 15 is 0 Å². The molecule has 0 radical (unpaired) electrons. The number of esters is 1. The standard InChI is InChI=1S/C25H29N3O4S2/c1-16(2)34(4,5)20-11-7-9-18(13-20)23(30)26-14-22(29)28-25-27-21(15-33-25)17-8-6-10-19(12-17)24(31)32-3/h6-13,15-16H,14H2,1-5H3,(H,26,30)(H,27,28,29). The summed E-state index contributed by atoms with van der Waals surface area (Å²) in [5.41, 5.74) is 2.32. The van der Waals surface area contributed by atoms with E-state index in [1.807, 2.05) is 18.2 Å². The Morgan fingerprint density at radius 1 is 1.06 bits per heavy atom. The summed E-state index contributed by atoms with van der Waals surface area (Å²) in [5.74, 6) is -1.10. The second-order valence-electron chi connectivity index (χ2n) is 8.32. The van der Waals surface area contributed by atoms with Gasteiger partial charge in [-0.3, -0.25) is 9.59 Å². The first-order valence-corrected chi connectivity index (χ1v) is 14.1. The lowest BCUT2D eigenvalue weighted by molar-refractivity contribution is -0.115. The van der Waals surface area contributed by atoms with Gasteiger partial charge in [0.2, 0.25) is 5.91 Å². The van der Waals surface area contributed by atoms with Gasteiger partial charge in [0, 0.05) is 16.5 Å². The van der Waals surface area contributed by atoms with E-state index in [4.69, 9.17) is 4.74 Å². The topological polar surface area (TPSA) is 97.4 Å². The molecule has 0 spiro atoms. The minimum absolute atomic E-state index is 0.170. The number of rotatable bonds is 8. The molecule has 0 saturated heterocycles. The van der Waals surface area contributed by atoms with Crippen LogP contribution in [0.2, 0.25) is 0 Å². The summed E-state index contributed by atoms with van der Waals surface area (Å²) in [6, 6.07) is 14.5. The quantitative estimate of drug-likeness (QED) is 0.434. The predicted octanol–water partition coefficient (Wildman–Crippen LogP) is 4.80. The highest BCUT2D eigenvalue weighted by atomic mass is 32.3. The van der Waals surface area contributed by atoms with Gasteiger partial charge in [-0.25, -0.2) is 19.8 Å². The van der Waals surface area contributed by atoms with Crippen molar-refractivity contribution in [3.63, 3.8) is 0 Å². The lowest BCUT2D eigenvalue weighted by Crippen LogP contribution is -2.32. The highest BCUT2D eigenvalue weighted by Gasteiger charge is 2.20. The highest BCUT2D eigenvalue weighted by molar-refractivity contribution is 8.33. The monoisotopic (exact) mass is 499 g/mol. The van der Waals surface area contributed by atoms with Gasteiger partial charge in [-0.2, -0.15) is 0 Å². The average molecular weight is 500 g/mol. The van der Waals surface area contributed by atoms with Crippen LogP contribution in [0.1, 0.15) is 34.6 Å². The number of carbonyl (C=O) groups is 3. The smallest absolute Gasteiger partial charge is 0.337 e. The molecule has 0 unspecified atom stereocenters. The Morgan fingerprint density at radius 3 is 2.47 bits per heavy atom. The normalized spacial score (nSPS) is 11.7. The van der Waals surface area contributed by atoms with Crippen molar-refractivity contribution in [3.8, 4) is 11.3 Å². The molecule has 0 fully saturated rings. The van der Waals surface area contributed by atoms with Crippen molar-refractivity contribution in [2.24, 2.45) is 0 Å². The van der Waals surface area contributed by atoms with Crippen LogP contribution in [0.4, 0.5) is 5.13 Å².